The summed E-state index contributed by atoms with van der Waals surface area (Å²) in [7, 11) is 0. The SMILES string of the molecule is Cc1cc2c(cc1Cl)ncn2CN1CCOCC1. The Kier molecular flexibility index (Phi) is 3.24. The topological polar surface area (TPSA) is 30.3 Å². The Morgan fingerprint density at radius 1 is 1.33 bits per heavy atom. The van der Waals surface area contributed by atoms with Gasteiger partial charge in [-0.1, -0.05) is 11.6 Å². The van der Waals surface area contributed by atoms with Gasteiger partial charge in [0.15, 0.2) is 0 Å². The minimum Gasteiger partial charge on any atom is -0.379 e. The summed E-state index contributed by atoms with van der Waals surface area (Å²) < 4.78 is 7.53. The second kappa shape index (κ2) is 4.88. The monoisotopic (exact) mass is 265 g/mol. The first-order chi connectivity index (χ1) is 8.74. The molecule has 1 aromatic heterocycles. The molecule has 0 saturated carbocycles. The number of hydrogen-bond acceptors (Lipinski definition) is 3. The fourth-order valence-corrected chi connectivity index (χ4v) is 2.41. The van der Waals surface area contributed by atoms with Crippen LogP contribution in [0.15, 0.2) is 18.5 Å². The summed E-state index contributed by atoms with van der Waals surface area (Å²) in [4.78, 5) is 6.78. The maximum absolute atomic E-state index is 6.11. The summed E-state index contributed by atoms with van der Waals surface area (Å²) in [5, 5.41) is 0.777. The lowest BCUT2D eigenvalue weighted by molar-refractivity contribution is 0.0241. The smallest absolute Gasteiger partial charge is 0.0969 e. The van der Waals surface area contributed by atoms with Crippen LogP contribution in [-0.2, 0) is 11.4 Å². The van der Waals surface area contributed by atoms with E-state index in [9.17, 15) is 0 Å². The van der Waals surface area contributed by atoms with Gasteiger partial charge in [-0.3, -0.25) is 4.90 Å². The van der Waals surface area contributed by atoms with Gasteiger partial charge in [-0.2, -0.15) is 0 Å². The van der Waals surface area contributed by atoms with E-state index in [-0.39, 0.29) is 0 Å². The minimum absolute atomic E-state index is 0.777. The summed E-state index contributed by atoms with van der Waals surface area (Å²) in [6.07, 6.45) is 1.88. The Hall–Kier alpha value is -1.10. The van der Waals surface area contributed by atoms with Crippen LogP contribution in [0.25, 0.3) is 11.0 Å². The van der Waals surface area contributed by atoms with E-state index >= 15 is 0 Å². The Bertz CT molecular complexity index is 561. The van der Waals surface area contributed by atoms with Crippen molar-refractivity contribution < 1.29 is 4.74 Å². The van der Waals surface area contributed by atoms with Crippen molar-refractivity contribution in [2.24, 2.45) is 0 Å². The van der Waals surface area contributed by atoms with E-state index in [1.165, 1.54) is 0 Å². The molecule has 5 heteroatoms. The van der Waals surface area contributed by atoms with Crippen LogP contribution in [0.5, 0.6) is 0 Å². The number of aromatic nitrogens is 2. The van der Waals surface area contributed by atoms with E-state index in [1.54, 1.807) is 0 Å². The largest absolute Gasteiger partial charge is 0.379 e. The second-order valence-electron chi connectivity index (χ2n) is 4.68. The first-order valence-corrected chi connectivity index (χ1v) is 6.53. The Balaban J connectivity index is 1.89. The molecule has 0 unspecified atom stereocenters. The number of hydrogen-bond donors (Lipinski definition) is 0. The van der Waals surface area contributed by atoms with Crippen molar-refractivity contribution in [1.29, 1.82) is 0 Å². The van der Waals surface area contributed by atoms with Crippen molar-refractivity contribution in [3.8, 4) is 0 Å². The van der Waals surface area contributed by atoms with Gasteiger partial charge in [0, 0.05) is 18.1 Å². The number of morpholine rings is 1. The first kappa shape index (κ1) is 12.0. The fourth-order valence-electron chi connectivity index (χ4n) is 2.25. The summed E-state index contributed by atoms with van der Waals surface area (Å²) in [6.45, 7) is 6.47. The highest BCUT2D eigenvalue weighted by molar-refractivity contribution is 6.32. The first-order valence-electron chi connectivity index (χ1n) is 6.15. The molecule has 2 heterocycles. The molecule has 0 atom stereocenters. The van der Waals surface area contributed by atoms with Crippen molar-refractivity contribution >= 4 is 22.6 Å². The molecule has 4 nitrogen and oxygen atoms in total. The molecule has 1 aliphatic heterocycles. The second-order valence-corrected chi connectivity index (χ2v) is 5.08. The fraction of sp³-hybridized carbons (Fsp3) is 0.462. The van der Waals surface area contributed by atoms with Crippen molar-refractivity contribution in [2.75, 3.05) is 26.3 Å². The average Bonchev–Trinajstić information content (AvgIpc) is 2.74. The normalized spacial score (nSPS) is 17.4. The number of imidazole rings is 1. The van der Waals surface area contributed by atoms with Gasteiger partial charge < -0.3 is 9.30 Å². The number of fused-ring (bicyclic) bond motifs is 1. The number of ether oxygens (including phenoxy) is 1. The van der Waals surface area contributed by atoms with Gasteiger partial charge >= 0.3 is 0 Å². The molecule has 1 saturated heterocycles. The number of nitrogens with zero attached hydrogens (tertiary/aromatic N) is 3. The molecule has 1 aromatic carbocycles. The number of halogens is 1. The van der Waals surface area contributed by atoms with Gasteiger partial charge in [-0.15, -0.1) is 0 Å². The van der Waals surface area contributed by atoms with E-state index < -0.39 is 0 Å². The molecule has 0 radical (unpaired) electrons. The van der Waals surface area contributed by atoms with Crippen LogP contribution in [0.4, 0.5) is 0 Å². The van der Waals surface area contributed by atoms with Crippen LogP contribution in [-0.4, -0.2) is 40.8 Å². The van der Waals surface area contributed by atoms with Crippen molar-refractivity contribution in [1.82, 2.24) is 14.5 Å². The third-order valence-corrected chi connectivity index (χ3v) is 3.76. The maximum atomic E-state index is 6.11. The highest BCUT2D eigenvalue weighted by Crippen LogP contribution is 2.22. The zero-order valence-electron chi connectivity index (χ0n) is 10.4. The van der Waals surface area contributed by atoms with Crippen LogP contribution in [0.1, 0.15) is 5.56 Å². The molecular formula is C13H16ClN3O. The quantitative estimate of drug-likeness (QED) is 0.835. The van der Waals surface area contributed by atoms with Gasteiger partial charge in [0.25, 0.3) is 0 Å². The highest BCUT2D eigenvalue weighted by Gasteiger charge is 2.12. The third kappa shape index (κ3) is 2.23. The van der Waals surface area contributed by atoms with Gasteiger partial charge in [0.1, 0.15) is 0 Å². The summed E-state index contributed by atoms with van der Waals surface area (Å²) in [5.74, 6) is 0. The van der Waals surface area contributed by atoms with Gasteiger partial charge in [0.2, 0.25) is 0 Å². The molecule has 1 fully saturated rings. The lowest BCUT2D eigenvalue weighted by atomic mass is 10.2. The lowest BCUT2D eigenvalue weighted by Crippen LogP contribution is -2.37. The third-order valence-electron chi connectivity index (χ3n) is 3.36. The molecule has 0 N–H and O–H groups in total. The predicted molar refractivity (Wildman–Crippen MR) is 71.9 cm³/mol. The molecule has 1 aliphatic rings. The Morgan fingerprint density at radius 3 is 2.89 bits per heavy atom. The van der Waals surface area contributed by atoms with E-state index in [1.807, 2.05) is 19.3 Å². The van der Waals surface area contributed by atoms with Crippen LogP contribution in [0.3, 0.4) is 0 Å². The number of benzene rings is 1. The van der Waals surface area contributed by atoms with Gasteiger partial charge in [-0.25, -0.2) is 4.98 Å². The summed E-state index contributed by atoms with van der Waals surface area (Å²) in [5.41, 5.74) is 3.19. The summed E-state index contributed by atoms with van der Waals surface area (Å²) >= 11 is 6.11. The zero-order chi connectivity index (χ0) is 12.5. The molecule has 18 heavy (non-hydrogen) atoms. The summed E-state index contributed by atoms with van der Waals surface area (Å²) in [6, 6.07) is 4.03. The van der Waals surface area contributed by atoms with Gasteiger partial charge in [0.05, 0.1) is 37.2 Å². The van der Waals surface area contributed by atoms with Crippen LogP contribution in [0, 0.1) is 6.92 Å². The van der Waals surface area contributed by atoms with Crippen LogP contribution >= 0.6 is 11.6 Å². The molecule has 0 aliphatic carbocycles. The number of aryl methyl sites for hydroxylation is 1. The van der Waals surface area contributed by atoms with E-state index in [0.717, 1.165) is 54.6 Å². The highest BCUT2D eigenvalue weighted by atomic mass is 35.5. The molecule has 0 amide bonds. The molecule has 0 spiro atoms. The standard InChI is InChI=1S/C13H16ClN3O/c1-10-6-13-12(7-11(10)14)15-8-17(13)9-16-2-4-18-5-3-16/h6-8H,2-5,9H2,1H3. The molecule has 0 bridgehead atoms. The Morgan fingerprint density at radius 2 is 2.11 bits per heavy atom. The lowest BCUT2D eigenvalue weighted by Gasteiger charge is -2.26. The predicted octanol–water partition coefficient (Wildman–Crippen LogP) is 2.29. The van der Waals surface area contributed by atoms with E-state index in [2.05, 4.69) is 20.5 Å². The molecule has 2 aromatic rings. The number of rotatable bonds is 2. The molecular weight excluding hydrogens is 250 g/mol. The maximum Gasteiger partial charge on any atom is 0.0969 e. The van der Waals surface area contributed by atoms with E-state index in [4.69, 9.17) is 16.3 Å². The van der Waals surface area contributed by atoms with Crippen molar-refractivity contribution in [3.05, 3.63) is 29.0 Å². The molecule has 96 valence electrons. The minimum atomic E-state index is 0.777. The average molecular weight is 266 g/mol. The Labute approximate surface area is 111 Å². The van der Waals surface area contributed by atoms with Crippen LogP contribution in [0.2, 0.25) is 5.02 Å². The zero-order valence-corrected chi connectivity index (χ0v) is 11.2. The molecule has 3 rings (SSSR count). The van der Waals surface area contributed by atoms with Crippen molar-refractivity contribution in [3.63, 3.8) is 0 Å². The van der Waals surface area contributed by atoms with Crippen LogP contribution < -0.4 is 0 Å². The van der Waals surface area contributed by atoms with Gasteiger partial charge in [-0.05, 0) is 24.6 Å². The van der Waals surface area contributed by atoms with E-state index in [0.29, 0.717) is 0 Å². The van der Waals surface area contributed by atoms with Crippen molar-refractivity contribution in [2.45, 2.75) is 13.6 Å².